The Labute approximate surface area is 182 Å². The lowest BCUT2D eigenvalue weighted by Crippen LogP contribution is -2.13. The standard InChI is InChI=1S/C23H18BrN3O3/c1-14-9-16(10-17(12-25)23(28)26-19-5-3-18(24)4-6-19)15(2)27(14)20-7-8-21-22(11-20)30-13-29-21/h3-11H,13H2,1-2H3,(H,26,28)/b17-10-. The number of benzene rings is 2. The van der Waals surface area contributed by atoms with Crippen LogP contribution in [0.5, 0.6) is 11.5 Å². The van der Waals surface area contributed by atoms with Crippen LogP contribution in [-0.2, 0) is 4.79 Å². The van der Waals surface area contributed by atoms with E-state index in [2.05, 4.69) is 25.8 Å². The zero-order chi connectivity index (χ0) is 21.3. The number of hydrogen-bond acceptors (Lipinski definition) is 4. The van der Waals surface area contributed by atoms with Crippen molar-refractivity contribution >= 4 is 33.6 Å². The van der Waals surface area contributed by atoms with E-state index in [9.17, 15) is 10.1 Å². The highest BCUT2D eigenvalue weighted by molar-refractivity contribution is 9.10. The number of ether oxygens (including phenoxy) is 2. The number of hydrogen-bond donors (Lipinski definition) is 1. The summed E-state index contributed by atoms with van der Waals surface area (Å²) in [7, 11) is 0. The highest BCUT2D eigenvalue weighted by Crippen LogP contribution is 2.35. The van der Waals surface area contributed by atoms with Gasteiger partial charge in [0.05, 0.1) is 0 Å². The van der Waals surface area contributed by atoms with Gasteiger partial charge in [0.25, 0.3) is 5.91 Å². The number of aromatic nitrogens is 1. The molecule has 3 aromatic rings. The summed E-state index contributed by atoms with van der Waals surface area (Å²) in [5.41, 5.74) is 4.26. The van der Waals surface area contributed by atoms with Gasteiger partial charge in [0.1, 0.15) is 11.6 Å². The van der Waals surface area contributed by atoms with E-state index in [0.29, 0.717) is 11.4 Å². The summed E-state index contributed by atoms with van der Waals surface area (Å²) in [5.74, 6) is 0.967. The van der Waals surface area contributed by atoms with Crippen LogP contribution in [0.4, 0.5) is 5.69 Å². The second-order valence-corrected chi connectivity index (χ2v) is 7.75. The molecule has 0 unspecified atom stereocenters. The molecule has 0 radical (unpaired) electrons. The minimum absolute atomic E-state index is 0.0313. The van der Waals surface area contributed by atoms with Crippen LogP contribution in [0.15, 0.2) is 58.6 Å². The number of carbonyl (C=O) groups excluding carboxylic acids is 1. The van der Waals surface area contributed by atoms with Gasteiger partial charge in [-0.3, -0.25) is 4.79 Å². The largest absolute Gasteiger partial charge is 0.454 e. The van der Waals surface area contributed by atoms with E-state index in [1.807, 2.05) is 56.3 Å². The molecule has 1 amide bonds. The summed E-state index contributed by atoms with van der Waals surface area (Å²) in [5, 5.41) is 12.3. The number of rotatable bonds is 4. The molecule has 2 aromatic carbocycles. The SMILES string of the molecule is Cc1cc(/C=C(/C#N)C(=O)Nc2ccc(Br)cc2)c(C)n1-c1ccc2c(c1)OCO2. The van der Waals surface area contributed by atoms with Crippen molar-refractivity contribution in [3.63, 3.8) is 0 Å². The van der Waals surface area contributed by atoms with E-state index in [0.717, 1.165) is 32.9 Å². The lowest BCUT2D eigenvalue weighted by atomic mass is 10.1. The fourth-order valence-corrected chi connectivity index (χ4v) is 3.66. The molecule has 0 spiro atoms. The quantitative estimate of drug-likeness (QED) is 0.429. The molecule has 0 saturated carbocycles. The third kappa shape index (κ3) is 3.82. The number of nitriles is 1. The predicted molar refractivity (Wildman–Crippen MR) is 118 cm³/mol. The van der Waals surface area contributed by atoms with Gasteiger partial charge in [-0.05, 0) is 68.0 Å². The van der Waals surface area contributed by atoms with Crippen LogP contribution in [0, 0.1) is 25.2 Å². The fourth-order valence-electron chi connectivity index (χ4n) is 3.39. The van der Waals surface area contributed by atoms with Crippen molar-refractivity contribution in [1.82, 2.24) is 4.57 Å². The summed E-state index contributed by atoms with van der Waals surface area (Å²) < 4.78 is 13.8. The van der Waals surface area contributed by atoms with Gasteiger partial charge in [-0.2, -0.15) is 5.26 Å². The van der Waals surface area contributed by atoms with Crippen LogP contribution >= 0.6 is 15.9 Å². The van der Waals surface area contributed by atoms with Gasteiger partial charge >= 0.3 is 0 Å². The maximum Gasteiger partial charge on any atom is 0.266 e. The average Bonchev–Trinajstić information content (AvgIpc) is 3.31. The third-order valence-electron chi connectivity index (χ3n) is 4.85. The molecular formula is C23H18BrN3O3. The molecular weight excluding hydrogens is 446 g/mol. The molecule has 7 heteroatoms. The number of aryl methyl sites for hydroxylation is 1. The Kier molecular flexibility index (Phi) is 5.34. The summed E-state index contributed by atoms with van der Waals surface area (Å²) in [6.07, 6.45) is 1.61. The molecule has 30 heavy (non-hydrogen) atoms. The number of nitrogens with one attached hydrogen (secondary N) is 1. The molecule has 150 valence electrons. The van der Waals surface area contributed by atoms with Gasteiger partial charge in [-0.15, -0.1) is 0 Å². The van der Waals surface area contributed by atoms with Crippen molar-refractivity contribution < 1.29 is 14.3 Å². The van der Waals surface area contributed by atoms with Gasteiger partial charge in [-0.1, -0.05) is 15.9 Å². The maximum atomic E-state index is 12.6. The molecule has 0 aliphatic carbocycles. The first-order valence-corrected chi connectivity index (χ1v) is 10.0. The Morgan fingerprint density at radius 1 is 1.13 bits per heavy atom. The molecule has 4 rings (SSSR count). The van der Waals surface area contributed by atoms with Crippen LogP contribution in [-0.4, -0.2) is 17.3 Å². The number of nitrogens with zero attached hydrogens (tertiary/aromatic N) is 2. The van der Waals surface area contributed by atoms with Crippen molar-refractivity contribution in [2.24, 2.45) is 0 Å². The fraction of sp³-hybridized carbons (Fsp3) is 0.130. The molecule has 0 atom stereocenters. The molecule has 1 N–H and O–H groups in total. The van der Waals surface area contributed by atoms with Crippen LogP contribution in [0.3, 0.4) is 0 Å². The van der Waals surface area contributed by atoms with E-state index in [-0.39, 0.29) is 12.4 Å². The number of carbonyl (C=O) groups is 1. The molecule has 0 fully saturated rings. The summed E-state index contributed by atoms with van der Waals surface area (Å²) in [4.78, 5) is 12.6. The predicted octanol–water partition coefficient (Wildman–Crippen LogP) is 5.13. The Hall–Kier alpha value is -3.50. The number of anilines is 1. The topological polar surface area (TPSA) is 76.3 Å². The smallest absolute Gasteiger partial charge is 0.266 e. The van der Waals surface area contributed by atoms with E-state index in [1.165, 1.54) is 0 Å². The first-order valence-electron chi connectivity index (χ1n) is 9.24. The Balaban J connectivity index is 1.64. The van der Waals surface area contributed by atoms with Crippen LogP contribution < -0.4 is 14.8 Å². The molecule has 2 heterocycles. The highest BCUT2D eigenvalue weighted by Gasteiger charge is 2.17. The van der Waals surface area contributed by atoms with E-state index >= 15 is 0 Å². The van der Waals surface area contributed by atoms with Crippen molar-refractivity contribution in [1.29, 1.82) is 5.26 Å². The molecule has 0 bridgehead atoms. The lowest BCUT2D eigenvalue weighted by molar-refractivity contribution is -0.112. The average molecular weight is 464 g/mol. The Morgan fingerprint density at radius 2 is 1.87 bits per heavy atom. The van der Waals surface area contributed by atoms with Gasteiger partial charge in [0.2, 0.25) is 6.79 Å². The van der Waals surface area contributed by atoms with Gasteiger partial charge in [0, 0.05) is 33.3 Å². The highest BCUT2D eigenvalue weighted by atomic mass is 79.9. The van der Waals surface area contributed by atoms with Crippen molar-refractivity contribution in [2.45, 2.75) is 13.8 Å². The number of halogens is 1. The lowest BCUT2D eigenvalue weighted by Gasteiger charge is -2.10. The Bertz CT molecular complexity index is 1200. The number of amides is 1. The molecule has 1 aliphatic heterocycles. The van der Waals surface area contributed by atoms with Gasteiger partial charge < -0.3 is 19.4 Å². The van der Waals surface area contributed by atoms with Gasteiger partial charge in [0.15, 0.2) is 11.5 Å². The molecule has 1 aromatic heterocycles. The zero-order valence-corrected chi connectivity index (χ0v) is 18.0. The van der Waals surface area contributed by atoms with Crippen molar-refractivity contribution in [2.75, 3.05) is 12.1 Å². The molecule has 6 nitrogen and oxygen atoms in total. The Morgan fingerprint density at radius 3 is 2.60 bits per heavy atom. The summed E-state index contributed by atoms with van der Waals surface area (Å²) in [6, 6.07) is 16.9. The first-order chi connectivity index (χ1) is 14.5. The number of fused-ring (bicyclic) bond motifs is 1. The molecule has 0 saturated heterocycles. The second kappa shape index (κ2) is 8.09. The normalized spacial score (nSPS) is 12.5. The van der Waals surface area contributed by atoms with Crippen LogP contribution in [0.25, 0.3) is 11.8 Å². The first kappa shape index (κ1) is 19.8. The summed E-state index contributed by atoms with van der Waals surface area (Å²) in [6.45, 7) is 4.14. The van der Waals surface area contributed by atoms with Crippen LogP contribution in [0.1, 0.15) is 17.0 Å². The monoisotopic (exact) mass is 463 g/mol. The minimum Gasteiger partial charge on any atom is -0.454 e. The minimum atomic E-state index is -0.451. The van der Waals surface area contributed by atoms with Crippen molar-refractivity contribution in [3.05, 3.63) is 75.5 Å². The van der Waals surface area contributed by atoms with Crippen molar-refractivity contribution in [3.8, 4) is 23.3 Å². The van der Waals surface area contributed by atoms with E-state index < -0.39 is 5.91 Å². The maximum absolute atomic E-state index is 12.6. The van der Waals surface area contributed by atoms with Gasteiger partial charge in [-0.25, -0.2) is 0 Å². The van der Waals surface area contributed by atoms with E-state index in [1.54, 1.807) is 18.2 Å². The summed E-state index contributed by atoms with van der Waals surface area (Å²) >= 11 is 3.36. The second-order valence-electron chi connectivity index (χ2n) is 6.83. The zero-order valence-electron chi connectivity index (χ0n) is 16.4. The van der Waals surface area contributed by atoms with Crippen LogP contribution in [0.2, 0.25) is 0 Å². The molecule has 1 aliphatic rings. The van der Waals surface area contributed by atoms with E-state index in [4.69, 9.17) is 9.47 Å². The third-order valence-corrected chi connectivity index (χ3v) is 5.38.